The van der Waals surface area contributed by atoms with Crippen LogP contribution in [0, 0.1) is 11.6 Å². The molecule has 0 radical (unpaired) electrons. The fourth-order valence-corrected chi connectivity index (χ4v) is 1.14. The summed E-state index contributed by atoms with van der Waals surface area (Å²) in [6, 6.07) is 2.90. The number of nitrogens with zero attached hydrogens (tertiary/aromatic N) is 1. The summed E-state index contributed by atoms with van der Waals surface area (Å²) in [4.78, 5) is 11.4. The quantitative estimate of drug-likeness (QED) is 0.343. The number of carbonyl (C=O) groups is 1. The predicted molar refractivity (Wildman–Crippen MR) is 57.9 cm³/mol. The summed E-state index contributed by atoms with van der Waals surface area (Å²) in [6.07, 6.45) is -0.333. The highest BCUT2D eigenvalue weighted by molar-refractivity contribution is 7.80. The molecule has 0 bridgehead atoms. The smallest absolute Gasteiger partial charge is 0.247 e. The molecule has 1 aromatic carbocycles. The molecule has 86 valence electrons. The molecule has 0 heterocycles. The van der Waals surface area contributed by atoms with Crippen LogP contribution in [0.2, 0.25) is 0 Å². The zero-order valence-corrected chi connectivity index (χ0v) is 8.93. The zero-order chi connectivity index (χ0) is 12.3. The largest absolute Gasteiger partial charge is 0.375 e. The van der Waals surface area contributed by atoms with E-state index < -0.39 is 17.5 Å². The van der Waals surface area contributed by atoms with Gasteiger partial charge in [-0.25, -0.2) is 19.6 Å². The summed E-state index contributed by atoms with van der Waals surface area (Å²) in [6.45, 7) is 0. The van der Waals surface area contributed by atoms with Gasteiger partial charge in [-0.05, 0) is 23.8 Å². The van der Waals surface area contributed by atoms with Crippen LogP contribution in [-0.2, 0) is 11.2 Å². The molecule has 16 heavy (non-hydrogen) atoms. The van der Waals surface area contributed by atoms with E-state index >= 15 is 0 Å². The van der Waals surface area contributed by atoms with Crippen molar-refractivity contribution in [3.63, 3.8) is 0 Å². The van der Waals surface area contributed by atoms with Crippen LogP contribution in [0.3, 0.4) is 0 Å². The number of halogens is 2. The SMILES string of the molecule is NC(=S)N(N)C(=O)Cc1ccc(F)cc1F. The van der Waals surface area contributed by atoms with E-state index in [-0.39, 0.29) is 17.1 Å². The third kappa shape index (κ3) is 2.94. The van der Waals surface area contributed by atoms with Crippen LogP contribution in [0.4, 0.5) is 8.78 Å². The van der Waals surface area contributed by atoms with Crippen LogP contribution >= 0.6 is 12.2 Å². The summed E-state index contributed by atoms with van der Waals surface area (Å²) >= 11 is 4.47. The molecule has 0 saturated heterocycles. The van der Waals surface area contributed by atoms with Gasteiger partial charge in [0.15, 0.2) is 5.11 Å². The molecule has 0 aliphatic carbocycles. The van der Waals surface area contributed by atoms with Crippen molar-refractivity contribution >= 4 is 23.2 Å². The minimum absolute atomic E-state index is 0.0260. The van der Waals surface area contributed by atoms with E-state index in [1.165, 1.54) is 0 Å². The Morgan fingerprint density at radius 2 is 2.06 bits per heavy atom. The number of hydrogen-bond acceptors (Lipinski definition) is 3. The minimum Gasteiger partial charge on any atom is -0.375 e. The Balaban J connectivity index is 2.81. The first-order valence-electron chi connectivity index (χ1n) is 4.23. The number of carbonyl (C=O) groups excluding carboxylic acids is 1. The van der Waals surface area contributed by atoms with Gasteiger partial charge >= 0.3 is 0 Å². The molecule has 0 saturated carbocycles. The van der Waals surface area contributed by atoms with Crippen molar-refractivity contribution in [1.29, 1.82) is 0 Å². The number of benzene rings is 1. The van der Waals surface area contributed by atoms with Crippen LogP contribution in [0.5, 0.6) is 0 Å². The lowest BCUT2D eigenvalue weighted by atomic mass is 10.1. The lowest BCUT2D eigenvalue weighted by Crippen LogP contribution is -2.46. The van der Waals surface area contributed by atoms with Crippen LogP contribution in [-0.4, -0.2) is 16.0 Å². The van der Waals surface area contributed by atoms with E-state index in [2.05, 4.69) is 12.2 Å². The van der Waals surface area contributed by atoms with Crippen LogP contribution < -0.4 is 11.6 Å². The molecule has 0 unspecified atom stereocenters. The van der Waals surface area contributed by atoms with E-state index in [1.54, 1.807) is 0 Å². The molecule has 0 aliphatic heterocycles. The van der Waals surface area contributed by atoms with Crippen molar-refractivity contribution in [2.24, 2.45) is 11.6 Å². The highest BCUT2D eigenvalue weighted by Gasteiger charge is 2.15. The summed E-state index contributed by atoms with van der Waals surface area (Å²) < 4.78 is 25.7. The van der Waals surface area contributed by atoms with Gasteiger partial charge in [0.05, 0.1) is 6.42 Å². The monoisotopic (exact) mass is 245 g/mol. The standard InChI is InChI=1S/C9H9F2N3OS/c10-6-2-1-5(7(11)4-6)3-8(15)14(13)9(12)16/h1-2,4H,3,13H2,(H2,12,16). The van der Waals surface area contributed by atoms with Crippen LogP contribution in [0.1, 0.15) is 5.56 Å². The molecule has 1 aromatic rings. The Hall–Kier alpha value is -1.60. The molecule has 7 heteroatoms. The van der Waals surface area contributed by atoms with E-state index in [9.17, 15) is 13.6 Å². The number of hydrogen-bond donors (Lipinski definition) is 2. The Labute approximate surface area is 95.8 Å². The molecule has 0 aliphatic rings. The molecule has 0 spiro atoms. The topological polar surface area (TPSA) is 72.3 Å². The first-order chi connectivity index (χ1) is 7.41. The molecule has 4 N–H and O–H groups in total. The van der Waals surface area contributed by atoms with Gasteiger partial charge in [-0.3, -0.25) is 4.79 Å². The second kappa shape index (κ2) is 4.95. The summed E-state index contributed by atoms with van der Waals surface area (Å²) in [5, 5.41) is 0.227. The van der Waals surface area contributed by atoms with Gasteiger partial charge in [-0.15, -0.1) is 0 Å². The number of amides is 1. The van der Waals surface area contributed by atoms with Crippen molar-refractivity contribution in [3.8, 4) is 0 Å². The third-order valence-corrected chi connectivity index (χ3v) is 2.06. The second-order valence-electron chi connectivity index (χ2n) is 3.01. The molecule has 1 amide bonds. The van der Waals surface area contributed by atoms with Gasteiger partial charge < -0.3 is 5.73 Å². The fraction of sp³-hybridized carbons (Fsp3) is 0.111. The highest BCUT2D eigenvalue weighted by Crippen LogP contribution is 2.10. The second-order valence-corrected chi connectivity index (χ2v) is 3.43. The average Bonchev–Trinajstić information content (AvgIpc) is 2.20. The molecule has 1 rings (SSSR count). The Morgan fingerprint density at radius 3 is 2.56 bits per heavy atom. The van der Waals surface area contributed by atoms with E-state index in [0.29, 0.717) is 11.1 Å². The summed E-state index contributed by atoms with van der Waals surface area (Å²) in [7, 11) is 0. The number of hydrazine groups is 1. The Morgan fingerprint density at radius 1 is 1.44 bits per heavy atom. The van der Waals surface area contributed by atoms with Gasteiger partial charge in [0.25, 0.3) is 0 Å². The first-order valence-corrected chi connectivity index (χ1v) is 4.63. The summed E-state index contributed by atoms with van der Waals surface area (Å²) in [5.41, 5.74) is 5.14. The fourth-order valence-electron chi connectivity index (χ4n) is 1.04. The minimum atomic E-state index is -0.815. The Kier molecular flexibility index (Phi) is 3.86. The maximum absolute atomic E-state index is 13.2. The van der Waals surface area contributed by atoms with Crippen molar-refractivity contribution in [2.45, 2.75) is 6.42 Å². The predicted octanol–water partition coefficient (Wildman–Crippen LogP) is 0.453. The van der Waals surface area contributed by atoms with Crippen LogP contribution in [0.15, 0.2) is 18.2 Å². The van der Waals surface area contributed by atoms with E-state index in [0.717, 1.165) is 12.1 Å². The molecular formula is C9H9F2N3OS. The van der Waals surface area contributed by atoms with Gasteiger partial charge in [-0.2, -0.15) is 0 Å². The normalized spacial score (nSPS) is 9.94. The van der Waals surface area contributed by atoms with Gasteiger partial charge in [0.1, 0.15) is 11.6 Å². The molecule has 0 fully saturated rings. The van der Waals surface area contributed by atoms with Crippen LogP contribution in [0.25, 0.3) is 0 Å². The highest BCUT2D eigenvalue weighted by atomic mass is 32.1. The van der Waals surface area contributed by atoms with Gasteiger partial charge in [0, 0.05) is 6.07 Å². The first kappa shape index (κ1) is 12.5. The average molecular weight is 245 g/mol. The maximum Gasteiger partial charge on any atom is 0.247 e. The number of thiocarbonyl (C=S) groups is 1. The maximum atomic E-state index is 13.2. The molecular weight excluding hydrogens is 236 g/mol. The zero-order valence-electron chi connectivity index (χ0n) is 8.11. The molecule has 0 aromatic heterocycles. The van der Waals surface area contributed by atoms with Gasteiger partial charge in [0.2, 0.25) is 5.91 Å². The van der Waals surface area contributed by atoms with Crippen molar-refractivity contribution in [3.05, 3.63) is 35.4 Å². The lowest BCUT2D eigenvalue weighted by Gasteiger charge is -2.13. The lowest BCUT2D eigenvalue weighted by molar-refractivity contribution is -0.126. The number of rotatable bonds is 2. The van der Waals surface area contributed by atoms with E-state index in [1.807, 2.05) is 0 Å². The van der Waals surface area contributed by atoms with Crippen molar-refractivity contribution in [1.82, 2.24) is 5.01 Å². The van der Waals surface area contributed by atoms with Crippen molar-refractivity contribution < 1.29 is 13.6 Å². The van der Waals surface area contributed by atoms with Crippen molar-refractivity contribution in [2.75, 3.05) is 0 Å². The third-order valence-electron chi connectivity index (χ3n) is 1.86. The molecule has 4 nitrogen and oxygen atoms in total. The number of nitrogens with two attached hydrogens (primary N) is 2. The van der Waals surface area contributed by atoms with Gasteiger partial charge in [-0.1, -0.05) is 6.07 Å². The van der Waals surface area contributed by atoms with E-state index in [4.69, 9.17) is 11.6 Å². The Bertz CT molecular complexity index is 439. The molecule has 0 atom stereocenters. The summed E-state index contributed by atoms with van der Waals surface area (Å²) in [5.74, 6) is 3.01.